The van der Waals surface area contributed by atoms with Crippen LogP contribution in [0, 0.1) is 5.82 Å². The van der Waals surface area contributed by atoms with E-state index in [1.54, 1.807) is 12.1 Å². The fourth-order valence-electron chi connectivity index (χ4n) is 2.68. The molecule has 0 aromatic heterocycles. The number of halogens is 1. The number of hydrogen-bond acceptors (Lipinski definition) is 2. The maximum atomic E-state index is 13.6. The van der Waals surface area contributed by atoms with Crippen LogP contribution in [-0.4, -0.2) is 19.1 Å². The number of nitrogens with one attached hydrogen (secondary N) is 1. The maximum absolute atomic E-state index is 13.6. The van der Waals surface area contributed by atoms with Crippen molar-refractivity contribution in [2.24, 2.45) is 0 Å². The minimum absolute atomic E-state index is 0.143. The van der Waals surface area contributed by atoms with Crippen molar-refractivity contribution < 1.29 is 4.39 Å². The number of nitrogens with zero attached hydrogens (tertiary/aromatic N) is 1. The molecule has 1 fully saturated rings. The largest absolute Gasteiger partial charge is 0.368 e. The van der Waals surface area contributed by atoms with E-state index in [4.69, 9.17) is 0 Å². The van der Waals surface area contributed by atoms with Crippen molar-refractivity contribution in [3.63, 3.8) is 0 Å². The lowest BCUT2D eigenvalue weighted by Crippen LogP contribution is -2.29. The second kappa shape index (κ2) is 6.38. The predicted molar refractivity (Wildman–Crippen MR) is 79.2 cm³/mol. The van der Waals surface area contributed by atoms with Crippen LogP contribution in [0.1, 0.15) is 51.6 Å². The van der Waals surface area contributed by atoms with E-state index in [2.05, 4.69) is 31.0 Å². The standard InChI is InChI=1S/C16H25FN2/c1-4-10-19(14-7-8-14)16-9-6-13(17)11-15(16)12(3)18-5-2/h6,9,11-12,14,18H,4-5,7-8,10H2,1-3H3. The van der Waals surface area contributed by atoms with Crippen molar-refractivity contribution in [2.75, 3.05) is 18.0 Å². The molecule has 0 saturated heterocycles. The number of rotatable bonds is 7. The van der Waals surface area contributed by atoms with E-state index in [1.807, 2.05) is 6.07 Å². The van der Waals surface area contributed by atoms with Gasteiger partial charge >= 0.3 is 0 Å². The summed E-state index contributed by atoms with van der Waals surface area (Å²) >= 11 is 0. The van der Waals surface area contributed by atoms with Crippen LogP contribution in [-0.2, 0) is 0 Å². The Bertz CT molecular complexity index is 415. The second-order valence-electron chi connectivity index (χ2n) is 5.41. The summed E-state index contributed by atoms with van der Waals surface area (Å²) in [6.45, 7) is 8.35. The molecule has 0 radical (unpaired) electrons. The van der Waals surface area contributed by atoms with Gasteiger partial charge in [-0.15, -0.1) is 0 Å². The topological polar surface area (TPSA) is 15.3 Å². The van der Waals surface area contributed by atoms with Crippen molar-refractivity contribution in [1.82, 2.24) is 5.32 Å². The summed E-state index contributed by atoms with van der Waals surface area (Å²) < 4.78 is 13.6. The van der Waals surface area contributed by atoms with Gasteiger partial charge in [-0.3, -0.25) is 0 Å². The summed E-state index contributed by atoms with van der Waals surface area (Å²) in [6, 6.07) is 6.08. The molecule has 0 amide bonds. The van der Waals surface area contributed by atoms with Gasteiger partial charge in [0.2, 0.25) is 0 Å². The first kappa shape index (κ1) is 14.3. The highest BCUT2D eigenvalue weighted by Gasteiger charge is 2.30. The van der Waals surface area contributed by atoms with Crippen LogP contribution in [0.25, 0.3) is 0 Å². The third kappa shape index (κ3) is 3.47. The third-order valence-corrected chi connectivity index (χ3v) is 3.73. The first-order valence-corrected chi connectivity index (χ1v) is 7.46. The molecule has 0 spiro atoms. The number of hydrogen-bond donors (Lipinski definition) is 1. The van der Waals surface area contributed by atoms with Crippen molar-refractivity contribution >= 4 is 5.69 Å². The van der Waals surface area contributed by atoms with Crippen LogP contribution in [0.15, 0.2) is 18.2 Å². The highest BCUT2D eigenvalue weighted by atomic mass is 19.1. The van der Waals surface area contributed by atoms with Crippen LogP contribution in [0.2, 0.25) is 0 Å². The van der Waals surface area contributed by atoms with Crippen molar-refractivity contribution in [1.29, 1.82) is 0 Å². The molecule has 1 aromatic rings. The molecular weight excluding hydrogens is 239 g/mol. The summed E-state index contributed by atoms with van der Waals surface area (Å²) in [5, 5.41) is 3.39. The predicted octanol–water partition coefficient (Wildman–Crippen LogP) is 3.88. The number of benzene rings is 1. The average molecular weight is 264 g/mol. The van der Waals surface area contributed by atoms with Crippen LogP contribution >= 0.6 is 0 Å². The Morgan fingerprint density at radius 3 is 2.68 bits per heavy atom. The van der Waals surface area contributed by atoms with Gasteiger partial charge in [0, 0.05) is 24.3 Å². The Kier molecular flexibility index (Phi) is 4.81. The van der Waals surface area contributed by atoms with E-state index in [9.17, 15) is 4.39 Å². The Labute approximate surface area is 116 Å². The molecule has 1 N–H and O–H groups in total. The molecule has 1 aliphatic carbocycles. The second-order valence-corrected chi connectivity index (χ2v) is 5.41. The zero-order valence-corrected chi connectivity index (χ0v) is 12.2. The van der Waals surface area contributed by atoms with Gasteiger partial charge in [-0.2, -0.15) is 0 Å². The molecule has 1 unspecified atom stereocenters. The molecule has 3 heteroatoms. The Balaban J connectivity index is 2.31. The average Bonchev–Trinajstić information content (AvgIpc) is 3.21. The van der Waals surface area contributed by atoms with Crippen LogP contribution in [0.4, 0.5) is 10.1 Å². The lowest BCUT2D eigenvalue weighted by Gasteiger charge is -2.29. The minimum Gasteiger partial charge on any atom is -0.368 e. The molecule has 0 heterocycles. The van der Waals surface area contributed by atoms with E-state index in [-0.39, 0.29) is 11.9 Å². The van der Waals surface area contributed by atoms with E-state index >= 15 is 0 Å². The first-order valence-electron chi connectivity index (χ1n) is 7.46. The van der Waals surface area contributed by atoms with E-state index in [0.717, 1.165) is 25.1 Å². The van der Waals surface area contributed by atoms with Crippen LogP contribution < -0.4 is 10.2 Å². The number of anilines is 1. The molecule has 0 aliphatic heterocycles. The summed E-state index contributed by atoms with van der Waals surface area (Å²) in [5.41, 5.74) is 2.29. The molecule has 1 aromatic carbocycles. The SMILES string of the molecule is CCCN(c1ccc(F)cc1C(C)NCC)C1CC1. The lowest BCUT2D eigenvalue weighted by atomic mass is 10.0. The summed E-state index contributed by atoms with van der Waals surface area (Å²) in [7, 11) is 0. The van der Waals surface area contributed by atoms with Gasteiger partial charge in [-0.1, -0.05) is 13.8 Å². The quantitative estimate of drug-likeness (QED) is 0.804. The third-order valence-electron chi connectivity index (χ3n) is 3.73. The molecule has 0 bridgehead atoms. The zero-order chi connectivity index (χ0) is 13.8. The van der Waals surface area contributed by atoms with Gasteiger partial charge in [0.25, 0.3) is 0 Å². The molecule has 1 atom stereocenters. The van der Waals surface area contributed by atoms with Gasteiger partial charge in [-0.25, -0.2) is 4.39 Å². The lowest BCUT2D eigenvalue weighted by molar-refractivity contribution is 0.579. The smallest absolute Gasteiger partial charge is 0.123 e. The summed E-state index contributed by atoms with van der Waals surface area (Å²) in [4.78, 5) is 2.46. The fourth-order valence-corrected chi connectivity index (χ4v) is 2.68. The minimum atomic E-state index is -0.143. The monoisotopic (exact) mass is 264 g/mol. The highest BCUT2D eigenvalue weighted by molar-refractivity contribution is 5.56. The molecule has 1 saturated carbocycles. The molecule has 106 valence electrons. The van der Waals surface area contributed by atoms with Crippen molar-refractivity contribution in [3.8, 4) is 0 Å². The highest BCUT2D eigenvalue weighted by Crippen LogP contribution is 2.36. The van der Waals surface area contributed by atoms with Gasteiger partial charge < -0.3 is 10.2 Å². The van der Waals surface area contributed by atoms with E-state index in [0.29, 0.717) is 6.04 Å². The summed E-state index contributed by atoms with van der Waals surface area (Å²) in [6.07, 6.45) is 3.67. The maximum Gasteiger partial charge on any atom is 0.123 e. The van der Waals surface area contributed by atoms with Gasteiger partial charge in [-0.05, 0) is 56.5 Å². The van der Waals surface area contributed by atoms with Gasteiger partial charge in [0.05, 0.1) is 0 Å². The molecule has 2 rings (SSSR count). The van der Waals surface area contributed by atoms with Crippen LogP contribution in [0.3, 0.4) is 0 Å². The molecule has 19 heavy (non-hydrogen) atoms. The van der Waals surface area contributed by atoms with Crippen LogP contribution in [0.5, 0.6) is 0 Å². The normalized spacial score (nSPS) is 16.4. The van der Waals surface area contributed by atoms with Crippen molar-refractivity contribution in [3.05, 3.63) is 29.6 Å². The summed E-state index contributed by atoms with van der Waals surface area (Å²) in [5.74, 6) is -0.143. The van der Waals surface area contributed by atoms with E-state index in [1.165, 1.54) is 18.5 Å². The fraction of sp³-hybridized carbons (Fsp3) is 0.625. The van der Waals surface area contributed by atoms with Gasteiger partial charge in [0.1, 0.15) is 5.82 Å². The Morgan fingerprint density at radius 1 is 1.37 bits per heavy atom. The molecule has 1 aliphatic rings. The first-order chi connectivity index (χ1) is 9.17. The van der Waals surface area contributed by atoms with E-state index < -0.39 is 0 Å². The molecular formula is C16H25FN2. The van der Waals surface area contributed by atoms with Crippen molar-refractivity contribution in [2.45, 2.75) is 52.1 Å². The Morgan fingerprint density at radius 2 is 2.11 bits per heavy atom. The Hall–Kier alpha value is -1.09. The zero-order valence-electron chi connectivity index (χ0n) is 12.2. The molecule has 2 nitrogen and oxygen atoms in total. The van der Waals surface area contributed by atoms with Gasteiger partial charge in [0.15, 0.2) is 0 Å².